The maximum absolute atomic E-state index is 12.3. The quantitative estimate of drug-likeness (QED) is 0.519. The van der Waals surface area contributed by atoms with Crippen molar-refractivity contribution in [1.82, 2.24) is 5.32 Å². The van der Waals surface area contributed by atoms with Gasteiger partial charge in [-0.25, -0.2) is 0 Å². The number of nitrogens with zero attached hydrogens (tertiary/aromatic N) is 1. The van der Waals surface area contributed by atoms with E-state index in [-0.39, 0.29) is 17.6 Å². The van der Waals surface area contributed by atoms with Crippen LogP contribution >= 0.6 is 15.9 Å². The van der Waals surface area contributed by atoms with E-state index >= 15 is 0 Å². The molecule has 0 bridgehead atoms. The molecule has 0 radical (unpaired) electrons. The molecule has 2 rings (SSSR count). The molecule has 1 aromatic rings. The second-order valence-electron chi connectivity index (χ2n) is 5.13. The summed E-state index contributed by atoms with van der Waals surface area (Å²) in [5, 5.41) is 14.8. The summed E-state index contributed by atoms with van der Waals surface area (Å²) >= 11 is 3.47. The van der Waals surface area contributed by atoms with Crippen molar-refractivity contribution in [3.05, 3.63) is 39.4 Å². The molecule has 0 saturated heterocycles. The molecule has 0 heterocycles. The number of benzene rings is 1. The Hall–Kier alpha value is -1.43. The fourth-order valence-corrected chi connectivity index (χ4v) is 3.50. The van der Waals surface area contributed by atoms with E-state index in [2.05, 4.69) is 21.2 Å². The highest BCUT2D eigenvalue weighted by Gasteiger charge is 2.28. The molecule has 1 saturated carbocycles. The Morgan fingerprint density at radius 2 is 2.25 bits per heavy atom. The SMILES string of the molecule is Cc1c(C(=O)NC2CCCC2CBr)cccc1[N+](=O)[O-]. The molecular formula is C14H17BrN2O3. The van der Waals surface area contributed by atoms with Crippen molar-refractivity contribution in [3.63, 3.8) is 0 Å². The highest BCUT2D eigenvalue weighted by Crippen LogP contribution is 2.28. The predicted octanol–water partition coefficient (Wildman–Crippen LogP) is 3.20. The van der Waals surface area contributed by atoms with E-state index in [1.165, 1.54) is 6.07 Å². The molecule has 2 atom stereocenters. The monoisotopic (exact) mass is 340 g/mol. The normalized spacial score (nSPS) is 21.7. The van der Waals surface area contributed by atoms with E-state index in [0.29, 0.717) is 17.0 Å². The second-order valence-corrected chi connectivity index (χ2v) is 5.78. The van der Waals surface area contributed by atoms with Crippen LogP contribution in [0.2, 0.25) is 0 Å². The highest BCUT2D eigenvalue weighted by atomic mass is 79.9. The van der Waals surface area contributed by atoms with Gasteiger partial charge >= 0.3 is 0 Å². The topological polar surface area (TPSA) is 72.2 Å². The van der Waals surface area contributed by atoms with Gasteiger partial charge in [-0.05, 0) is 31.7 Å². The summed E-state index contributed by atoms with van der Waals surface area (Å²) in [5.74, 6) is 0.224. The molecule has 1 N–H and O–H groups in total. The molecule has 0 aliphatic heterocycles. The number of hydrogen-bond acceptors (Lipinski definition) is 3. The number of halogens is 1. The van der Waals surface area contributed by atoms with E-state index in [0.717, 1.165) is 24.6 Å². The molecule has 0 aromatic heterocycles. The number of nitro groups is 1. The van der Waals surface area contributed by atoms with Crippen LogP contribution in [0.25, 0.3) is 0 Å². The van der Waals surface area contributed by atoms with Crippen LogP contribution in [0.5, 0.6) is 0 Å². The Morgan fingerprint density at radius 3 is 2.90 bits per heavy atom. The fourth-order valence-electron chi connectivity index (χ4n) is 2.72. The number of carbonyl (C=O) groups is 1. The zero-order valence-electron chi connectivity index (χ0n) is 11.3. The van der Waals surface area contributed by atoms with Gasteiger partial charge in [-0.1, -0.05) is 28.4 Å². The fraction of sp³-hybridized carbons (Fsp3) is 0.500. The first-order valence-electron chi connectivity index (χ1n) is 6.65. The zero-order valence-corrected chi connectivity index (χ0v) is 12.9. The molecule has 1 aromatic carbocycles. The van der Waals surface area contributed by atoms with Gasteiger partial charge in [0.1, 0.15) is 0 Å². The number of carbonyl (C=O) groups excluding carboxylic acids is 1. The minimum absolute atomic E-state index is 0.0129. The number of nitro benzene ring substituents is 1. The van der Waals surface area contributed by atoms with Gasteiger partial charge < -0.3 is 5.32 Å². The van der Waals surface area contributed by atoms with Crippen LogP contribution in [0.3, 0.4) is 0 Å². The van der Waals surface area contributed by atoms with Crippen LogP contribution in [0.15, 0.2) is 18.2 Å². The summed E-state index contributed by atoms with van der Waals surface area (Å²) < 4.78 is 0. The summed E-state index contributed by atoms with van der Waals surface area (Å²) in [4.78, 5) is 22.8. The van der Waals surface area contributed by atoms with Crippen molar-refractivity contribution in [3.8, 4) is 0 Å². The maximum Gasteiger partial charge on any atom is 0.273 e. The Bertz CT molecular complexity index is 533. The Balaban J connectivity index is 2.17. The number of hydrogen-bond donors (Lipinski definition) is 1. The molecule has 1 amide bonds. The molecule has 20 heavy (non-hydrogen) atoms. The minimum atomic E-state index is -0.455. The lowest BCUT2D eigenvalue weighted by Gasteiger charge is -2.19. The molecule has 108 valence electrons. The molecule has 1 aliphatic carbocycles. The van der Waals surface area contributed by atoms with E-state index < -0.39 is 4.92 Å². The first kappa shape index (κ1) is 15.0. The van der Waals surface area contributed by atoms with Crippen molar-refractivity contribution < 1.29 is 9.72 Å². The van der Waals surface area contributed by atoms with Gasteiger partial charge in [0.2, 0.25) is 0 Å². The standard InChI is InChI=1S/C14H17BrN2O3/c1-9-11(5-3-7-13(9)17(19)20)14(18)16-12-6-2-4-10(12)8-15/h3,5,7,10,12H,2,4,6,8H2,1H3,(H,16,18). The first-order chi connectivity index (χ1) is 9.54. The molecule has 5 nitrogen and oxygen atoms in total. The number of amides is 1. The molecule has 1 aliphatic rings. The largest absolute Gasteiger partial charge is 0.349 e. The minimum Gasteiger partial charge on any atom is -0.349 e. The van der Waals surface area contributed by atoms with E-state index in [9.17, 15) is 14.9 Å². The summed E-state index contributed by atoms with van der Waals surface area (Å²) in [6, 6.07) is 4.76. The second kappa shape index (κ2) is 6.35. The van der Waals surface area contributed by atoms with Crippen LogP contribution in [0.1, 0.15) is 35.2 Å². The van der Waals surface area contributed by atoms with E-state index in [1.54, 1.807) is 19.1 Å². The van der Waals surface area contributed by atoms with Crippen LogP contribution in [-0.2, 0) is 0 Å². The average Bonchev–Trinajstić information content (AvgIpc) is 2.85. The average molecular weight is 341 g/mol. The van der Waals surface area contributed by atoms with Gasteiger partial charge in [0.25, 0.3) is 11.6 Å². The predicted molar refractivity (Wildman–Crippen MR) is 80.2 cm³/mol. The third-order valence-corrected chi connectivity index (χ3v) is 4.75. The third-order valence-electron chi connectivity index (χ3n) is 3.92. The summed E-state index contributed by atoms with van der Waals surface area (Å²) in [7, 11) is 0. The number of rotatable bonds is 4. The maximum atomic E-state index is 12.3. The summed E-state index contributed by atoms with van der Waals surface area (Å²) in [6.45, 7) is 1.61. The van der Waals surface area contributed by atoms with Gasteiger partial charge in [-0.2, -0.15) is 0 Å². The molecular weight excluding hydrogens is 324 g/mol. The lowest BCUT2D eigenvalue weighted by atomic mass is 10.0. The van der Waals surface area contributed by atoms with Gasteiger partial charge in [-0.15, -0.1) is 0 Å². The summed E-state index contributed by atoms with van der Waals surface area (Å²) in [5.41, 5.74) is 0.795. The Kier molecular flexibility index (Phi) is 4.75. The van der Waals surface area contributed by atoms with E-state index in [4.69, 9.17) is 0 Å². The van der Waals surface area contributed by atoms with Crippen molar-refractivity contribution in [2.24, 2.45) is 5.92 Å². The van der Waals surface area contributed by atoms with Crippen molar-refractivity contribution in [1.29, 1.82) is 0 Å². The van der Waals surface area contributed by atoms with Crippen LogP contribution in [-0.4, -0.2) is 22.2 Å². The third kappa shape index (κ3) is 3.00. The van der Waals surface area contributed by atoms with Gasteiger partial charge in [0.05, 0.1) is 4.92 Å². The van der Waals surface area contributed by atoms with Gasteiger partial charge in [0.15, 0.2) is 0 Å². The van der Waals surface area contributed by atoms with Crippen LogP contribution in [0, 0.1) is 23.0 Å². The Morgan fingerprint density at radius 1 is 1.50 bits per heavy atom. The van der Waals surface area contributed by atoms with Crippen molar-refractivity contribution in [2.45, 2.75) is 32.2 Å². The molecule has 2 unspecified atom stereocenters. The summed E-state index contributed by atoms with van der Waals surface area (Å²) in [6.07, 6.45) is 3.18. The Labute approximate surface area is 126 Å². The molecule has 6 heteroatoms. The lowest BCUT2D eigenvalue weighted by molar-refractivity contribution is -0.385. The van der Waals surface area contributed by atoms with Crippen molar-refractivity contribution >= 4 is 27.5 Å². The van der Waals surface area contributed by atoms with Crippen LogP contribution < -0.4 is 5.32 Å². The number of alkyl halides is 1. The lowest BCUT2D eigenvalue weighted by Crippen LogP contribution is -2.38. The molecule has 0 spiro atoms. The number of nitrogens with one attached hydrogen (secondary N) is 1. The van der Waals surface area contributed by atoms with E-state index in [1.807, 2.05) is 0 Å². The van der Waals surface area contributed by atoms with Crippen molar-refractivity contribution in [2.75, 3.05) is 5.33 Å². The van der Waals surface area contributed by atoms with Crippen LogP contribution in [0.4, 0.5) is 5.69 Å². The first-order valence-corrected chi connectivity index (χ1v) is 7.77. The van der Waals surface area contributed by atoms with Gasteiger partial charge in [0, 0.05) is 28.6 Å². The zero-order chi connectivity index (χ0) is 14.7. The highest BCUT2D eigenvalue weighted by molar-refractivity contribution is 9.09. The van der Waals surface area contributed by atoms with Gasteiger partial charge in [-0.3, -0.25) is 14.9 Å². The smallest absolute Gasteiger partial charge is 0.273 e. The molecule has 1 fully saturated rings.